The Morgan fingerprint density at radius 1 is 1.28 bits per heavy atom. The van der Waals surface area contributed by atoms with Crippen LogP contribution in [-0.4, -0.2) is 13.3 Å². The van der Waals surface area contributed by atoms with E-state index in [1.165, 1.54) is 0 Å². The highest BCUT2D eigenvalue weighted by Crippen LogP contribution is 2.42. The summed E-state index contributed by atoms with van der Waals surface area (Å²) < 4.78 is 59.8. The molecule has 0 saturated heterocycles. The zero-order valence-corrected chi connectivity index (χ0v) is 10.4. The molecule has 0 aliphatic rings. The van der Waals surface area contributed by atoms with Crippen LogP contribution in [0, 0.1) is 10.1 Å². The lowest BCUT2D eigenvalue weighted by molar-refractivity contribution is -0.385. The van der Waals surface area contributed by atoms with Gasteiger partial charge in [0.05, 0.1) is 15.5 Å². The molecule has 0 N–H and O–H groups in total. The van der Waals surface area contributed by atoms with Crippen molar-refractivity contribution in [3.63, 3.8) is 0 Å². The molecule has 0 atom stereocenters. The Hall–Kier alpha value is -1.06. The molecular weight excluding hydrogens is 322 g/mol. The summed E-state index contributed by atoms with van der Waals surface area (Å²) in [4.78, 5) is 7.89. The van der Waals surface area contributed by atoms with E-state index >= 15 is 0 Å². The zero-order valence-electron chi connectivity index (χ0n) is 8.03. The molecule has 0 radical (unpaired) electrons. The van der Waals surface area contributed by atoms with E-state index in [1.807, 2.05) is 0 Å². The third-order valence-electron chi connectivity index (χ3n) is 1.80. The molecule has 1 aromatic carbocycles. The van der Waals surface area contributed by atoms with Crippen molar-refractivity contribution in [2.24, 2.45) is 0 Å². The highest BCUT2D eigenvalue weighted by atomic mass is 35.7. The second-order valence-electron chi connectivity index (χ2n) is 2.99. The van der Waals surface area contributed by atoms with Crippen molar-refractivity contribution in [1.82, 2.24) is 0 Å². The van der Waals surface area contributed by atoms with E-state index < -0.39 is 41.3 Å². The molecule has 0 heterocycles. The highest BCUT2D eigenvalue weighted by molar-refractivity contribution is 8.13. The summed E-state index contributed by atoms with van der Waals surface area (Å²) in [5.74, 6) is 0. The highest BCUT2D eigenvalue weighted by Gasteiger charge is 2.40. The second-order valence-corrected chi connectivity index (χ2v) is 5.94. The maximum atomic E-state index is 12.6. The van der Waals surface area contributed by atoms with Crippen molar-refractivity contribution in [1.29, 1.82) is 0 Å². The summed E-state index contributed by atoms with van der Waals surface area (Å²) in [5.41, 5.74) is -2.64. The van der Waals surface area contributed by atoms with Crippen molar-refractivity contribution in [3.8, 4) is 0 Å². The molecule has 0 fully saturated rings. The number of halogens is 5. The number of non-ortho nitro benzene ring substituents is 1. The van der Waals surface area contributed by atoms with E-state index in [0.717, 1.165) is 0 Å². The Labute approximate surface area is 108 Å². The van der Waals surface area contributed by atoms with Gasteiger partial charge in [0.25, 0.3) is 14.7 Å². The first-order chi connectivity index (χ1) is 7.94. The average molecular weight is 324 g/mol. The van der Waals surface area contributed by atoms with Crippen LogP contribution in [0.15, 0.2) is 17.0 Å². The van der Waals surface area contributed by atoms with Crippen LogP contribution in [0.4, 0.5) is 18.9 Å². The summed E-state index contributed by atoms with van der Waals surface area (Å²) >= 11 is 5.22. The van der Waals surface area contributed by atoms with Gasteiger partial charge < -0.3 is 0 Å². The lowest BCUT2D eigenvalue weighted by Gasteiger charge is -2.12. The van der Waals surface area contributed by atoms with E-state index in [9.17, 15) is 31.7 Å². The maximum Gasteiger partial charge on any atom is 0.419 e. The van der Waals surface area contributed by atoms with Gasteiger partial charge in [0, 0.05) is 22.8 Å². The van der Waals surface area contributed by atoms with Crippen LogP contribution >= 0.6 is 22.3 Å². The van der Waals surface area contributed by atoms with Crippen molar-refractivity contribution in [2.45, 2.75) is 11.1 Å². The number of alkyl halides is 3. The molecule has 1 aromatic rings. The number of hydrogen-bond acceptors (Lipinski definition) is 4. The standard InChI is InChI=1S/C7H2Cl2F3NO4S/c8-4-1-3(13(14)15)2-5(18(9,16)17)6(4)7(10,11)12/h1-2H. The number of nitro groups is 1. The first kappa shape index (κ1) is 15.0. The molecule has 100 valence electrons. The fourth-order valence-electron chi connectivity index (χ4n) is 1.14. The normalized spacial score (nSPS) is 12.5. The van der Waals surface area contributed by atoms with Gasteiger partial charge in [0.15, 0.2) is 0 Å². The van der Waals surface area contributed by atoms with Crippen LogP contribution < -0.4 is 0 Å². The van der Waals surface area contributed by atoms with Crippen molar-refractivity contribution in [3.05, 3.63) is 32.8 Å². The van der Waals surface area contributed by atoms with Crippen LogP contribution in [0.3, 0.4) is 0 Å². The predicted octanol–water partition coefficient (Wildman–Crippen LogP) is 3.19. The topological polar surface area (TPSA) is 77.3 Å². The third-order valence-corrected chi connectivity index (χ3v) is 3.44. The largest absolute Gasteiger partial charge is 0.419 e. The maximum absolute atomic E-state index is 12.6. The lowest BCUT2D eigenvalue weighted by Crippen LogP contribution is -2.12. The van der Waals surface area contributed by atoms with Crippen LogP contribution in [0.1, 0.15) is 5.56 Å². The Kier molecular flexibility index (Phi) is 3.80. The molecule has 5 nitrogen and oxygen atoms in total. The molecule has 0 bridgehead atoms. The van der Waals surface area contributed by atoms with E-state index in [4.69, 9.17) is 22.3 Å². The SMILES string of the molecule is O=[N+]([O-])c1cc(Cl)c(C(F)(F)F)c(S(=O)(=O)Cl)c1. The van der Waals surface area contributed by atoms with Crippen molar-refractivity contribution in [2.75, 3.05) is 0 Å². The molecule has 0 unspecified atom stereocenters. The molecule has 18 heavy (non-hydrogen) atoms. The minimum Gasteiger partial charge on any atom is -0.258 e. The van der Waals surface area contributed by atoms with Gasteiger partial charge in [-0.2, -0.15) is 13.2 Å². The van der Waals surface area contributed by atoms with E-state index in [0.29, 0.717) is 6.07 Å². The van der Waals surface area contributed by atoms with E-state index in [1.54, 1.807) is 0 Å². The fourth-order valence-corrected chi connectivity index (χ4v) is 2.61. The Morgan fingerprint density at radius 3 is 2.11 bits per heavy atom. The van der Waals surface area contributed by atoms with Crippen molar-refractivity contribution >= 4 is 37.0 Å². The van der Waals surface area contributed by atoms with Gasteiger partial charge in [-0.05, 0) is 0 Å². The molecule has 0 spiro atoms. The molecular formula is C7H2Cl2F3NO4S. The quantitative estimate of drug-likeness (QED) is 0.475. The van der Waals surface area contributed by atoms with E-state index in [2.05, 4.69) is 0 Å². The minimum atomic E-state index is -5.11. The molecule has 0 aromatic heterocycles. The van der Waals surface area contributed by atoms with Crippen LogP contribution in [0.25, 0.3) is 0 Å². The first-order valence-electron chi connectivity index (χ1n) is 3.94. The predicted molar refractivity (Wildman–Crippen MR) is 56.1 cm³/mol. The summed E-state index contributed by atoms with van der Waals surface area (Å²) in [6.07, 6.45) is -5.11. The second kappa shape index (κ2) is 4.56. The van der Waals surface area contributed by atoms with Crippen LogP contribution in [-0.2, 0) is 15.2 Å². The summed E-state index contributed by atoms with van der Waals surface area (Å²) in [5, 5.41) is 9.31. The van der Waals surface area contributed by atoms with Crippen LogP contribution in [0.5, 0.6) is 0 Å². The van der Waals surface area contributed by atoms with Gasteiger partial charge in [-0.25, -0.2) is 8.42 Å². The first-order valence-corrected chi connectivity index (χ1v) is 6.63. The van der Waals surface area contributed by atoms with Gasteiger partial charge >= 0.3 is 6.18 Å². The Balaban J connectivity index is 3.78. The Bertz CT molecular complexity index is 614. The number of hydrogen-bond donors (Lipinski definition) is 0. The Morgan fingerprint density at radius 2 is 1.78 bits per heavy atom. The number of rotatable bonds is 2. The summed E-state index contributed by atoms with van der Waals surface area (Å²) in [6.45, 7) is 0. The van der Waals surface area contributed by atoms with Gasteiger partial charge in [-0.1, -0.05) is 11.6 Å². The molecule has 0 aliphatic heterocycles. The van der Waals surface area contributed by atoms with Crippen molar-refractivity contribution < 1.29 is 26.5 Å². The monoisotopic (exact) mass is 323 g/mol. The zero-order chi connectivity index (χ0) is 14.3. The lowest BCUT2D eigenvalue weighted by atomic mass is 10.2. The summed E-state index contributed by atoms with van der Waals surface area (Å²) in [7, 11) is -0.0224. The number of benzene rings is 1. The molecule has 0 amide bonds. The van der Waals surface area contributed by atoms with Gasteiger partial charge in [-0.15, -0.1) is 0 Å². The smallest absolute Gasteiger partial charge is 0.258 e. The average Bonchev–Trinajstić information content (AvgIpc) is 2.12. The van der Waals surface area contributed by atoms with Gasteiger partial charge in [0.2, 0.25) is 0 Å². The fraction of sp³-hybridized carbons (Fsp3) is 0.143. The number of nitrogens with zero attached hydrogens (tertiary/aromatic N) is 1. The van der Waals surface area contributed by atoms with E-state index in [-0.39, 0.29) is 6.07 Å². The molecule has 1 rings (SSSR count). The third kappa shape index (κ3) is 3.03. The van der Waals surface area contributed by atoms with Gasteiger partial charge in [0.1, 0.15) is 4.90 Å². The molecule has 0 saturated carbocycles. The molecule has 0 aliphatic carbocycles. The van der Waals surface area contributed by atoms with Gasteiger partial charge in [-0.3, -0.25) is 10.1 Å². The number of nitro benzene ring substituents is 1. The molecule has 11 heteroatoms. The summed E-state index contributed by atoms with van der Waals surface area (Å²) in [6, 6.07) is 0.604. The van der Waals surface area contributed by atoms with Crippen LogP contribution in [0.2, 0.25) is 5.02 Å². The minimum absolute atomic E-state index is 0.205.